The number of rotatable bonds is 4. The van der Waals surface area contributed by atoms with E-state index in [9.17, 15) is 0 Å². The lowest BCUT2D eigenvalue weighted by atomic mass is 10.1. The second kappa shape index (κ2) is 6.12. The number of fused-ring (bicyclic) bond motifs is 1. The molecule has 0 aromatic carbocycles. The molecule has 6 heteroatoms. The van der Waals surface area contributed by atoms with Crippen LogP contribution in [-0.2, 0) is 6.54 Å². The second-order valence-electron chi connectivity index (χ2n) is 6.61. The number of hydrogen-bond donors (Lipinski definition) is 0. The molecule has 4 aromatic rings. The normalized spacial score (nSPS) is 11.5. The molecule has 4 rings (SSSR count). The van der Waals surface area contributed by atoms with E-state index in [1.54, 1.807) is 12.4 Å². The fourth-order valence-electron chi connectivity index (χ4n) is 3.10. The molecule has 25 heavy (non-hydrogen) atoms. The largest absolute Gasteiger partial charge is 0.272 e. The van der Waals surface area contributed by atoms with E-state index in [4.69, 9.17) is 4.98 Å². The van der Waals surface area contributed by atoms with Gasteiger partial charge in [-0.1, -0.05) is 13.8 Å². The first-order chi connectivity index (χ1) is 12.1. The number of imidazole rings is 1. The summed E-state index contributed by atoms with van der Waals surface area (Å²) in [7, 11) is 0. The Balaban J connectivity index is 1.86. The van der Waals surface area contributed by atoms with Gasteiger partial charge in [-0.05, 0) is 36.6 Å². The van der Waals surface area contributed by atoms with Crippen molar-refractivity contribution in [3.8, 4) is 22.4 Å². The van der Waals surface area contributed by atoms with Crippen LogP contribution in [-0.4, -0.2) is 29.4 Å². The van der Waals surface area contributed by atoms with Gasteiger partial charge in [-0.15, -0.1) is 0 Å². The Morgan fingerprint density at radius 3 is 2.56 bits per heavy atom. The zero-order chi connectivity index (χ0) is 17.4. The molecular weight excluding hydrogens is 312 g/mol. The molecule has 0 bridgehead atoms. The molecule has 0 radical (unpaired) electrons. The highest BCUT2D eigenvalue weighted by Gasteiger charge is 2.17. The minimum atomic E-state index is 0.549. The van der Waals surface area contributed by atoms with Crippen molar-refractivity contribution in [1.82, 2.24) is 29.4 Å². The Morgan fingerprint density at radius 2 is 1.80 bits per heavy atom. The summed E-state index contributed by atoms with van der Waals surface area (Å²) < 4.78 is 3.88. The first kappa shape index (κ1) is 15.5. The number of aryl methyl sites for hydroxylation is 1. The van der Waals surface area contributed by atoms with Gasteiger partial charge in [0.1, 0.15) is 0 Å². The van der Waals surface area contributed by atoms with Crippen molar-refractivity contribution in [2.75, 3.05) is 0 Å². The third kappa shape index (κ3) is 2.80. The molecule has 0 unspecified atom stereocenters. The van der Waals surface area contributed by atoms with Crippen LogP contribution in [0, 0.1) is 12.8 Å². The first-order valence-corrected chi connectivity index (χ1v) is 8.41. The summed E-state index contributed by atoms with van der Waals surface area (Å²) in [6.45, 7) is 7.28. The molecule has 4 aromatic heterocycles. The lowest BCUT2D eigenvalue weighted by Crippen LogP contribution is -2.04. The number of pyridine rings is 1. The molecule has 0 aliphatic heterocycles. The number of nitrogens with zero attached hydrogens (tertiary/aromatic N) is 6. The van der Waals surface area contributed by atoms with Crippen molar-refractivity contribution in [2.24, 2.45) is 5.92 Å². The molecule has 0 saturated carbocycles. The van der Waals surface area contributed by atoms with E-state index >= 15 is 0 Å². The SMILES string of the molecule is Cc1nc2c(-c3ccncc3)ccnn2c1-c1cnn(CC(C)C)c1. The summed E-state index contributed by atoms with van der Waals surface area (Å²) in [6, 6.07) is 5.96. The Kier molecular flexibility index (Phi) is 3.80. The van der Waals surface area contributed by atoms with Gasteiger partial charge in [0.05, 0.1) is 17.6 Å². The standard InChI is InChI=1S/C19H20N6/c1-13(2)11-24-12-16(10-22-24)18-14(3)23-19-17(6-9-21-25(18)19)15-4-7-20-8-5-15/h4-10,12-13H,11H2,1-3H3. The third-order valence-electron chi connectivity index (χ3n) is 4.14. The Hall–Kier alpha value is -3.02. The Morgan fingerprint density at radius 1 is 1.00 bits per heavy atom. The van der Waals surface area contributed by atoms with E-state index < -0.39 is 0 Å². The molecule has 0 aliphatic rings. The highest BCUT2D eigenvalue weighted by atomic mass is 15.3. The second-order valence-corrected chi connectivity index (χ2v) is 6.61. The van der Waals surface area contributed by atoms with Crippen LogP contribution in [0.1, 0.15) is 19.5 Å². The van der Waals surface area contributed by atoms with Gasteiger partial charge in [0.15, 0.2) is 5.65 Å². The van der Waals surface area contributed by atoms with Crippen molar-refractivity contribution in [1.29, 1.82) is 0 Å². The van der Waals surface area contributed by atoms with Crippen molar-refractivity contribution >= 4 is 5.65 Å². The van der Waals surface area contributed by atoms with Crippen LogP contribution in [0.5, 0.6) is 0 Å². The van der Waals surface area contributed by atoms with Gasteiger partial charge in [-0.3, -0.25) is 9.67 Å². The molecule has 6 nitrogen and oxygen atoms in total. The Labute approximate surface area is 146 Å². The van der Waals surface area contributed by atoms with E-state index in [-0.39, 0.29) is 0 Å². The summed E-state index contributed by atoms with van der Waals surface area (Å²) in [6.07, 6.45) is 9.35. The molecule has 0 atom stereocenters. The maximum Gasteiger partial charge on any atom is 0.162 e. The van der Waals surface area contributed by atoms with Gasteiger partial charge in [0, 0.05) is 42.5 Å². The van der Waals surface area contributed by atoms with E-state index in [1.165, 1.54) is 0 Å². The molecule has 0 fully saturated rings. The van der Waals surface area contributed by atoms with Gasteiger partial charge in [0.25, 0.3) is 0 Å². The molecule has 0 N–H and O–H groups in total. The summed E-state index contributed by atoms with van der Waals surface area (Å²) >= 11 is 0. The lowest BCUT2D eigenvalue weighted by molar-refractivity contribution is 0.483. The molecule has 0 amide bonds. The van der Waals surface area contributed by atoms with Gasteiger partial charge in [-0.25, -0.2) is 9.50 Å². The predicted molar refractivity (Wildman–Crippen MR) is 97.0 cm³/mol. The molecule has 0 saturated heterocycles. The summed E-state index contributed by atoms with van der Waals surface area (Å²) in [4.78, 5) is 8.87. The van der Waals surface area contributed by atoms with Gasteiger partial charge >= 0.3 is 0 Å². The van der Waals surface area contributed by atoms with E-state index in [0.29, 0.717) is 5.92 Å². The quantitative estimate of drug-likeness (QED) is 0.573. The maximum absolute atomic E-state index is 4.78. The molecule has 126 valence electrons. The topological polar surface area (TPSA) is 60.9 Å². The zero-order valence-electron chi connectivity index (χ0n) is 14.6. The van der Waals surface area contributed by atoms with Crippen LogP contribution >= 0.6 is 0 Å². The van der Waals surface area contributed by atoms with Crippen molar-refractivity contribution < 1.29 is 0 Å². The van der Waals surface area contributed by atoms with Crippen LogP contribution in [0.25, 0.3) is 28.0 Å². The van der Waals surface area contributed by atoms with Gasteiger partial charge < -0.3 is 0 Å². The summed E-state index contributed by atoms with van der Waals surface area (Å²) in [5.74, 6) is 0.549. The van der Waals surface area contributed by atoms with Crippen LogP contribution in [0.4, 0.5) is 0 Å². The smallest absolute Gasteiger partial charge is 0.162 e. The molecule has 0 aliphatic carbocycles. The maximum atomic E-state index is 4.78. The first-order valence-electron chi connectivity index (χ1n) is 8.41. The molecule has 4 heterocycles. The van der Waals surface area contributed by atoms with Gasteiger partial charge in [-0.2, -0.15) is 10.2 Å². The van der Waals surface area contributed by atoms with E-state index in [1.807, 2.05) is 46.7 Å². The average molecular weight is 332 g/mol. The van der Waals surface area contributed by atoms with Crippen molar-refractivity contribution in [3.05, 3.63) is 54.9 Å². The summed E-state index contributed by atoms with van der Waals surface area (Å²) in [5.41, 5.74) is 5.93. The van der Waals surface area contributed by atoms with Crippen LogP contribution < -0.4 is 0 Å². The van der Waals surface area contributed by atoms with E-state index in [0.717, 1.165) is 40.3 Å². The third-order valence-corrected chi connectivity index (χ3v) is 4.14. The monoisotopic (exact) mass is 332 g/mol. The van der Waals surface area contributed by atoms with Crippen LogP contribution in [0.3, 0.4) is 0 Å². The number of hydrogen-bond acceptors (Lipinski definition) is 4. The average Bonchev–Trinajstić information content (AvgIpc) is 3.17. The minimum Gasteiger partial charge on any atom is -0.272 e. The molecule has 0 spiro atoms. The highest BCUT2D eigenvalue weighted by molar-refractivity contribution is 5.79. The van der Waals surface area contributed by atoms with Crippen molar-refractivity contribution in [2.45, 2.75) is 27.3 Å². The van der Waals surface area contributed by atoms with Crippen LogP contribution in [0.2, 0.25) is 0 Å². The summed E-state index contributed by atoms with van der Waals surface area (Å²) in [5, 5.41) is 9.02. The fourth-order valence-corrected chi connectivity index (χ4v) is 3.10. The van der Waals surface area contributed by atoms with Crippen LogP contribution in [0.15, 0.2) is 49.2 Å². The van der Waals surface area contributed by atoms with E-state index in [2.05, 4.69) is 35.2 Å². The van der Waals surface area contributed by atoms with Crippen molar-refractivity contribution in [3.63, 3.8) is 0 Å². The zero-order valence-corrected chi connectivity index (χ0v) is 14.6. The number of aromatic nitrogens is 6. The highest BCUT2D eigenvalue weighted by Crippen LogP contribution is 2.29. The minimum absolute atomic E-state index is 0.549. The fraction of sp³-hybridized carbons (Fsp3) is 0.263. The Bertz CT molecular complexity index is 1010. The molecular formula is C19H20N6. The lowest BCUT2D eigenvalue weighted by Gasteiger charge is -2.05. The van der Waals surface area contributed by atoms with Gasteiger partial charge in [0.2, 0.25) is 0 Å². The predicted octanol–water partition coefficient (Wildman–Crippen LogP) is 3.62.